The first-order valence-corrected chi connectivity index (χ1v) is 12.6. The number of nitrogens with zero attached hydrogens (tertiary/aromatic N) is 1. The van der Waals surface area contributed by atoms with Crippen molar-refractivity contribution in [2.75, 3.05) is 19.7 Å². The van der Waals surface area contributed by atoms with Gasteiger partial charge in [-0.25, -0.2) is 14.6 Å². The SMILES string of the molecule is C=C/C=C(\C=C/C)SC1CCN(Sc2ccccc2C(=O)NOC2CCCCO2)CC1. The average molecular weight is 461 g/mol. The van der Waals surface area contributed by atoms with Crippen LogP contribution in [-0.2, 0) is 9.57 Å². The Kier molecular flexibility index (Phi) is 10.2. The number of carbonyl (C=O) groups excluding carboxylic acids is 1. The van der Waals surface area contributed by atoms with E-state index in [2.05, 4.69) is 34.6 Å². The maximum absolute atomic E-state index is 12.7. The van der Waals surface area contributed by atoms with E-state index >= 15 is 0 Å². The summed E-state index contributed by atoms with van der Waals surface area (Å²) < 4.78 is 7.87. The first-order valence-electron chi connectivity index (χ1n) is 10.9. The molecule has 0 aromatic heterocycles. The van der Waals surface area contributed by atoms with Crippen molar-refractivity contribution in [2.45, 2.75) is 55.5 Å². The number of thioether (sulfide) groups is 1. The smallest absolute Gasteiger partial charge is 0.276 e. The van der Waals surface area contributed by atoms with Crippen LogP contribution < -0.4 is 5.48 Å². The lowest BCUT2D eigenvalue weighted by molar-refractivity contribution is -0.186. The molecule has 2 heterocycles. The summed E-state index contributed by atoms with van der Waals surface area (Å²) in [5.41, 5.74) is 3.21. The molecule has 0 saturated carbocycles. The molecule has 2 aliphatic heterocycles. The molecular formula is C24H32N2O3S2. The van der Waals surface area contributed by atoms with Crippen molar-refractivity contribution in [3.8, 4) is 0 Å². The van der Waals surface area contributed by atoms with E-state index in [-0.39, 0.29) is 12.2 Å². The van der Waals surface area contributed by atoms with Crippen LogP contribution in [0.3, 0.4) is 0 Å². The lowest BCUT2D eigenvalue weighted by atomic mass is 10.2. The Bertz CT molecular complexity index is 783. The molecule has 1 unspecified atom stereocenters. The maximum Gasteiger partial charge on any atom is 0.276 e. The number of rotatable bonds is 9. The Morgan fingerprint density at radius 2 is 2.06 bits per heavy atom. The topological polar surface area (TPSA) is 50.8 Å². The van der Waals surface area contributed by atoms with E-state index in [1.54, 1.807) is 11.9 Å². The van der Waals surface area contributed by atoms with Gasteiger partial charge in [0.25, 0.3) is 5.91 Å². The summed E-state index contributed by atoms with van der Waals surface area (Å²) in [6.45, 7) is 8.51. The minimum Gasteiger partial charge on any atom is -0.350 e. The molecule has 1 amide bonds. The molecule has 0 bridgehead atoms. The third-order valence-electron chi connectivity index (χ3n) is 5.10. The van der Waals surface area contributed by atoms with Crippen LogP contribution in [0.1, 0.15) is 49.4 Å². The van der Waals surface area contributed by atoms with E-state index in [9.17, 15) is 4.79 Å². The number of hydrogen-bond acceptors (Lipinski definition) is 6. The third kappa shape index (κ3) is 7.84. The Labute approximate surface area is 194 Å². The molecule has 7 heteroatoms. The van der Waals surface area contributed by atoms with Gasteiger partial charge >= 0.3 is 0 Å². The lowest BCUT2D eigenvalue weighted by Gasteiger charge is -2.31. The zero-order valence-electron chi connectivity index (χ0n) is 18.1. The van der Waals surface area contributed by atoms with Crippen molar-refractivity contribution < 1.29 is 14.4 Å². The highest BCUT2D eigenvalue weighted by Crippen LogP contribution is 2.35. The van der Waals surface area contributed by atoms with Gasteiger partial charge in [0.05, 0.1) is 5.56 Å². The lowest BCUT2D eigenvalue weighted by Crippen LogP contribution is -2.33. The maximum atomic E-state index is 12.7. The van der Waals surface area contributed by atoms with Crippen LogP contribution in [0.15, 0.2) is 64.9 Å². The Balaban J connectivity index is 1.51. The van der Waals surface area contributed by atoms with Gasteiger partial charge in [-0.1, -0.05) is 36.9 Å². The van der Waals surface area contributed by atoms with Crippen molar-refractivity contribution in [3.05, 3.63) is 65.6 Å². The average Bonchev–Trinajstić information content (AvgIpc) is 2.80. The minimum atomic E-state index is -0.350. The second-order valence-corrected chi connectivity index (χ2v) is 10.00. The quantitative estimate of drug-likeness (QED) is 0.289. The summed E-state index contributed by atoms with van der Waals surface area (Å²) in [5, 5.41) is 0.599. The number of ether oxygens (including phenoxy) is 1. The zero-order valence-corrected chi connectivity index (χ0v) is 19.8. The van der Waals surface area contributed by atoms with Gasteiger partial charge in [-0.2, -0.15) is 0 Å². The third-order valence-corrected chi connectivity index (χ3v) is 7.62. The molecule has 2 fully saturated rings. The van der Waals surface area contributed by atoms with Crippen LogP contribution in [0.4, 0.5) is 0 Å². The van der Waals surface area contributed by atoms with Crippen LogP contribution in [-0.4, -0.2) is 41.4 Å². The van der Waals surface area contributed by atoms with Gasteiger partial charge in [0.2, 0.25) is 0 Å². The molecule has 168 valence electrons. The highest BCUT2D eigenvalue weighted by Gasteiger charge is 2.23. The van der Waals surface area contributed by atoms with Crippen LogP contribution in [0.2, 0.25) is 0 Å². The van der Waals surface area contributed by atoms with Crippen molar-refractivity contribution >= 4 is 29.6 Å². The summed E-state index contributed by atoms with van der Waals surface area (Å²) in [6, 6.07) is 7.69. The van der Waals surface area contributed by atoms with Crippen molar-refractivity contribution in [1.82, 2.24) is 9.79 Å². The monoisotopic (exact) mass is 460 g/mol. The predicted octanol–water partition coefficient (Wildman–Crippen LogP) is 5.73. The summed E-state index contributed by atoms with van der Waals surface area (Å²) >= 11 is 3.58. The molecule has 1 N–H and O–H groups in total. The van der Waals surface area contributed by atoms with Gasteiger partial charge in [0.15, 0.2) is 6.29 Å². The van der Waals surface area contributed by atoms with Gasteiger partial charge in [-0.05, 0) is 62.8 Å². The second-order valence-electron chi connectivity index (χ2n) is 7.48. The van der Waals surface area contributed by atoms with Gasteiger partial charge in [0, 0.05) is 41.2 Å². The molecule has 2 saturated heterocycles. The number of benzene rings is 1. The highest BCUT2D eigenvalue weighted by atomic mass is 32.2. The summed E-state index contributed by atoms with van der Waals surface area (Å²) in [7, 11) is 0. The number of allylic oxidation sites excluding steroid dienone is 4. The molecule has 31 heavy (non-hydrogen) atoms. The van der Waals surface area contributed by atoms with Crippen LogP contribution in [0.5, 0.6) is 0 Å². The van der Waals surface area contributed by atoms with Crippen molar-refractivity contribution in [1.29, 1.82) is 0 Å². The number of nitrogens with one attached hydrogen (secondary N) is 1. The molecule has 0 spiro atoms. The largest absolute Gasteiger partial charge is 0.350 e. The number of hydrogen-bond donors (Lipinski definition) is 1. The first-order chi connectivity index (χ1) is 15.2. The van der Waals surface area contributed by atoms with E-state index in [1.165, 1.54) is 4.91 Å². The van der Waals surface area contributed by atoms with Gasteiger partial charge in [0.1, 0.15) is 0 Å². The molecule has 2 aliphatic rings. The standard InChI is InChI=1S/C24H32N2O3S2/c1-3-9-19(10-4-2)30-20-14-16-26(17-15-20)31-22-12-6-5-11-21(22)24(27)25-29-23-13-7-8-18-28-23/h3-6,9-12,20,23H,1,7-8,13-18H2,2H3,(H,25,27)/b10-4-,19-9+. The first kappa shape index (κ1) is 24.1. The van der Waals surface area contributed by atoms with Gasteiger partial charge in [-0.15, -0.1) is 11.8 Å². The molecule has 1 aromatic carbocycles. The molecule has 0 aliphatic carbocycles. The number of carbonyl (C=O) groups is 1. The van der Waals surface area contributed by atoms with E-state index in [1.807, 2.05) is 49.0 Å². The van der Waals surface area contributed by atoms with Crippen LogP contribution in [0.25, 0.3) is 0 Å². The van der Waals surface area contributed by atoms with Crippen LogP contribution >= 0.6 is 23.7 Å². The molecule has 1 aromatic rings. The van der Waals surface area contributed by atoms with Crippen LogP contribution in [0, 0.1) is 0 Å². The second kappa shape index (κ2) is 13.1. The van der Waals surface area contributed by atoms with Gasteiger partial charge < -0.3 is 4.74 Å². The summed E-state index contributed by atoms with van der Waals surface area (Å²) in [6.07, 6.45) is 12.9. The highest BCUT2D eigenvalue weighted by molar-refractivity contribution is 8.03. The number of amides is 1. The Morgan fingerprint density at radius 1 is 1.26 bits per heavy atom. The van der Waals surface area contributed by atoms with E-state index in [0.717, 1.165) is 50.1 Å². The molecule has 3 rings (SSSR count). The zero-order chi connectivity index (χ0) is 21.9. The molecule has 1 atom stereocenters. The number of hydroxylamine groups is 1. The van der Waals surface area contributed by atoms with E-state index in [0.29, 0.717) is 17.4 Å². The van der Waals surface area contributed by atoms with E-state index < -0.39 is 0 Å². The summed E-state index contributed by atoms with van der Waals surface area (Å²) in [4.78, 5) is 20.4. The van der Waals surface area contributed by atoms with Crippen molar-refractivity contribution in [2.24, 2.45) is 0 Å². The summed E-state index contributed by atoms with van der Waals surface area (Å²) in [5.74, 6) is -0.228. The van der Waals surface area contributed by atoms with E-state index in [4.69, 9.17) is 9.57 Å². The fourth-order valence-electron chi connectivity index (χ4n) is 3.50. The van der Waals surface area contributed by atoms with Gasteiger partial charge in [-0.3, -0.25) is 4.79 Å². The molecule has 5 nitrogen and oxygen atoms in total. The number of piperidine rings is 1. The fourth-order valence-corrected chi connectivity index (χ4v) is 5.79. The molecule has 0 radical (unpaired) electrons. The fraction of sp³-hybridized carbons (Fsp3) is 0.458. The Morgan fingerprint density at radius 3 is 2.77 bits per heavy atom. The predicted molar refractivity (Wildman–Crippen MR) is 130 cm³/mol. The minimum absolute atomic E-state index is 0.228. The Hall–Kier alpha value is -1.51. The molecular weight excluding hydrogens is 428 g/mol. The normalized spacial score (nSPS) is 21.3. The van der Waals surface area contributed by atoms with Crippen molar-refractivity contribution in [3.63, 3.8) is 0 Å².